The van der Waals surface area contributed by atoms with Crippen molar-refractivity contribution in [3.8, 4) is 16.5 Å². The molecule has 0 N–H and O–H groups in total. The summed E-state index contributed by atoms with van der Waals surface area (Å²) >= 11 is 3.19. The summed E-state index contributed by atoms with van der Waals surface area (Å²) in [6.45, 7) is 2.65. The molecule has 4 heterocycles. The average molecular weight is 499 g/mol. The highest BCUT2D eigenvalue weighted by atomic mass is 32.2. The molecule has 1 aliphatic carbocycles. The minimum atomic E-state index is -0.310. The van der Waals surface area contributed by atoms with Gasteiger partial charge in [0.05, 0.1) is 29.5 Å². The van der Waals surface area contributed by atoms with Crippen molar-refractivity contribution in [1.29, 1.82) is 0 Å². The molecule has 0 atom stereocenters. The molecule has 3 aromatic heterocycles. The Hall–Kier alpha value is -2.76. The summed E-state index contributed by atoms with van der Waals surface area (Å²) in [5.74, 6) is 1.89. The standard InChI is InChI=1S/C23H23FN6O2S2/c24-16-5-3-6-17(13-16)30-22(29-8-10-31-11-9-29)27-28-23(30)33-14-20-25-26-21(32-20)19-12-15-4-1-2-7-18(15)34-19/h3,5-6,12-13H,1-2,4,7-11,14H2. The molecular formula is C23H23FN6O2S2. The summed E-state index contributed by atoms with van der Waals surface area (Å²) in [4.78, 5) is 4.58. The van der Waals surface area contributed by atoms with E-state index in [0.29, 0.717) is 60.6 Å². The topological polar surface area (TPSA) is 82.1 Å². The summed E-state index contributed by atoms with van der Waals surface area (Å²) in [6.07, 6.45) is 4.76. The fourth-order valence-corrected chi connectivity index (χ4v) is 6.26. The monoisotopic (exact) mass is 498 g/mol. The van der Waals surface area contributed by atoms with Crippen molar-refractivity contribution in [2.45, 2.75) is 36.6 Å². The minimum Gasteiger partial charge on any atom is -0.419 e. The van der Waals surface area contributed by atoms with Gasteiger partial charge in [-0.15, -0.1) is 31.7 Å². The second-order valence-corrected chi connectivity index (χ2v) is 10.3. The zero-order valence-electron chi connectivity index (χ0n) is 18.4. The van der Waals surface area contributed by atoms with E-state index >= 15 is 0 Å². The Labute approximate surface area is 204 Å². The number of halogens is 1. The molecule has 0 radical (unpaired) electrons. The van der Waals surface area contributed by atoms with Gasteiger partial charge in [-0.05, 0) is 55.5 Å². The van der Waals surface area contributed by atoms with E-state index in [-0.39, 0.29) is 5.82 Å². The Kier molecular flexibility index (Phi) is 6.06. The summed E-state index contributed by atoms with van der Waals surface area (Å²) in [5.41, 5.74) is 2.09. The van der Waals surface area contributed by atoms with Gasteiger partial charge in [-0.3, -0.25) is 4.57 Å². The number of hydrogen-bond donors (Lipinski definition) is 0. The first-order chi connectivity index (χ1) is 16.7. The Bertz CT molecular complexity index is 1270. The lowest BCUT2D eigenvalue weighted by Gasteiger charge is -2.27. The fraction of sp³-hybridized carbons (Fsp3) is 0.391. The first kappa shape index (κ1) is 21.8. The van der Waals surface area contributed by atoms with Crippen molar-refractivity contribution < 1.29 is 13.5 Å². The molecule has 1 aromatic carbocycles. The van der Waals surface area contributed by atoms with Gasteiger partial charge in [-0.2, -0.15) is 0 Å². The Balaban J connectivity index is 1.24. The van der Waals surface area contributed by atoms with Crippen LogP contribution in [0.5, 0.6) is 0 Å². The van der Waals surface area contributed by atoms with Crippen LogP contribution in [-0.2, 0) is 23.3 Å². The number of ether oxygens (including phenoxy) is 1. The van der Waals surface area contributed by atoms with E-state index < -0.39 is 0 Å². The molecule has 0 saturated carbocycles. The summed E-state index contributed by atoms with van der Waals surface area (Å²) in [5, 5.41) is 18.0. The van der Waals surface area contributed by atoms with E-state index in [1.54, 1.807) is 17.4 Å². The minimum absolute atomic E-state index is 0.310. The molecule has 6 rings (SSSR count). The van der Waals surface area contributed by atoms with E-state index in [4.69, 9.17) is 9.15 Å². The molecule has 1 aliphatic heterocycles. The maximum absolute atomic E-state index is 14.0. The van der Waals surface area contributed by atoms with Gasteiger partial charge in [0, 0.05) is 18.0 Å². The Morgan fingerprint density at radius 2 is 1.91 bits per heavy atom. The van der Waals surface area contributed by atoms with Crippen molar-refractivity contribution in [3.63, 3.8) is 0 Å². The second kappa shape index (κ2) is 9.47. The molecule has 0 unspecified atom stereocenters. The number of thiophene rings is 1. The lowest BCUT2D eigenvalue weighted by atomic mass is 9.99. The quantitative estimate of drug-likeness (QED) is 0.359. The molecule has 0 bridgehead atoms. The van der Waals surface area contributed by atoms with E-state index in [9.17, 15) is 4.39 Å². The third kappa shape index (κ3) is 4.35. The maximum atomic E-state index is 14.0. The van der Waals surface area contributed by atoms with Crippen LogP contribution in [0.4, 0.5) is 10.3 Å². The molecular weight excluding hydrogens is 475 g/mol. The number of aryl methyl sites for hydroxylation is 2. The number of fused-ring (bicyclic) bond motifs is 1. The van der Waals surface area contributed by atoms with Crippen LogP contribution in [0, 0.1) is 5.82 Å². The molecule has 2 aliphatic rings. The van der Waals surface area contributed by atoms with E-state index in [2.05, 4.69) is 31.4 Å². The van der Waals surface area contributed by atoms with Crippen LogP contribution in [0.1, 0.15) is 29.2 Å². The summed E-state index contributed by atoms with van der Waals surface area (Å²) in [7, 11) is 0. The van der Waals surface area contributed by atoms with Gasteiger partial charge < -0.3 is 14.1 Å². The lowest BCUT2D eigenvalue weighted by molar-refractivity contribution is 0.122. The fourth-order valence-electron chi connectivity index (χ4n) is 4.30. The number of aromatic nitrogens is 5. The molecule has 11 heteroatoms. The highest BCUT2D eigenvalue weighted by molar-refractivity contribution is 7.98. The van der Waals surface area contributed by atoms with Gasteiger partial charge in [-0.1, -0.05) is 17.8 Å². The molecule has 0 amide bonds. The molecule has 4 aromatic rings. The van der Waals surface area contributed by atoms with E-state index in [0.717, 1.165) is 17.7 Å². The average Bonchev–Trinajstić information content (AvgIpc) is 3.61. The number of rotatable bonds is 6. The van der Waals surface area contributed by atoms with Crippen LogP contribution < -0.4 is 4.90 Å². The Morgan fingerprint density at radius 1 is 1.03 bits per heavy atom. The van der Waals surface area contributed by atoms with Crippen molar-refractivity contribution in [2.24, 2.45) is 0 Å². The van der Waals surface area contributed by atoms with Gasteiger partial charge in [0.25, 0.3) is 5.89 Å². The SMILES string of the molecule is Fc1cccc(-n2c(SCc3nnc(-c4cc5c(s4)CCCC5)o3)nnc2N2CCOCC2)c1. The summed E-state index contributed by atoms with van der Waals surface area (Å²) < 4.78 is 27.4. The molecule has 1 saturated heterocycles. The first-order valence-electron chi connectivity index (χ1n) is 11.4. The predicted molar refractivity (Wildman–Crippen MR) is 128 cm³/mol. The maximum Gasteiger partial charge on any atom is 0.257 e. The van der Waals surface area contributed by atoms with Crippen molar-refractivity contribution >= 4 is 29.0 Å². The lowest BCUT2D eigenvalue weighted by Crippen LogP contribution is -2.37. The van der Waals surface area contributed by atoms with Gasteiger partial charge in [0.15, 0.2) is 5.16 Å². The number of hydrogen-bond acceptors (Lipinski definition) is 9. The number of anilines is 1. The van der Waals surface area contributed by atoms with Crippen LogP contribution in [0.15, 0.2) is 39.9 Å². The van der Waals surface area contributed by atoms with Gasteiger partial charge in [0.2, 0.25) is 11.8 Å². The van der Waals surface area contributed by atoms with E-state index in [1.807, 2.05) is 10.6 Å². The predicted octanol–water partition coefficient (Wildman–Crippen LogP) is 4.53. The van der Waals surface area contributed by atoms with Crippen LogP contribution in [-0.4, -0.2) is 51.3 Å². The molecule has 1 fully saturated rings. The summed E-state index contributed by atoms with van der Waals surface area (Å²) in [6, 6.07) is 8.65. The first-order valence-corrected chi connectivity index (χ1v) is 13.2. The van der Waals surface area contributed by atoms with Crippen molar-refractivity contribution in [2.75, 3.05) is 31.2 Å². The zero-order valence-corrected chi connectivity index (χ0v) is 20.1. The van der Waals surface area contributed by atoms with Crippen LogP contribution in [0.2, 0.25) is 0 Å². The van der Waals surface area contributed by atoms with Gasteiger partial charge in [-0.25, -0.2) is 4.39 Å². The largest absolute Gasteiger partial charge is 0.419 e. The Morgan fingerprint density at radius 3 is 2.76 bits per heavy atom. The molecule has 0 spiro atoms. The van der Waals surface area contributed by atoms with Crippen molar-refractivity contribution in [1.82, 2.24) is 25.0 Å². The van der Waals surface area contributed by atoms with Crippen molar-refractivity contribution in [3.05, 3.63) is 52.5 Å². The highest BCUT2D eigenvalue weighted by Crippen LogP contribution is 2.36. The van der Waals surface area contributed by atoms with Crippen LogP contribution in [0.3, 0.4) is 0 Å². The number of benzene rings is 1. The normalized spacial score (nSPS) is 16.1. The van der Waals surface area contributed by atoms with Crippen LogP contribution >= 0.6 is 23.1 Å². The third-order valence-corrected chi connectivity index (χ3v) is 8.11. The van der Waals surface area contributed by atoms with E-state index in [1.165, 1.54) is 47.2 Å². The molecule has 176 valence electrons. The smallest absolute Gasteiger partial charge is 0.257 e. The third-order valence-electron chi connectivity index (χ3n) is 5.98. The number of thioether (sulfide) groups is 1. The molecule has 34 heavy (non-hydrogen) atoms. The second-order valence-electron chi connectivity index (χ2n) is 8.25. The highest BCUT2D eigenvalue weighted by Gasteiger charge is 2.23. The van der Waals surface area contributed by atoms with Crippen LogP contribution in [0.25, 0.3) is 16.5 Å². The number of nitrogens with zero attached hydrogens (tertiary/aromatic N) is 6. The molecule has 8 nitrogen and oxygen atoms in total. The number of morpholine rings is 1. The zero-order chi connectivity index (χ0) is 22.9. The van der Waals surface area contributed by atoms with Gasteiger partial charge >= 0.3 is 0 Å². The van der Waals surface area contributed by atoms with Gasteiger partial charge in [0.1, 0.15) is 5.82 Å².